The molecule has 0 amide bonds. The van der Waals surface area contributed by atoms with Gasteiger partial charge < -0.3 is 15.0 Å². The fraction of sp³-hybridized carbons (Fsp3) is 0.800. The summed E-state index contributed by atoms with van der Waals surface area (Å²) >= 11 is 0. The maximum absolute atomic E-state index is 9.90. The summed E-state index contributed by atoms with van der Waals surface area (Å²) in [6, 6.07) is 0. The van der Waals surface area contributed by atoms with Gasteiger partial charge in [0.15, 0.2) is 0 Å². The maximum Gasteiger partial charge on any atom is 0.0552 e. The van der Waals surface area contributed by atoms with Gasteiger partial charge in [0.1, 0.15) is 0 Å². The van der Waals surface area contributed by atoms with Gasteiger partial charge in [0, 0.05) is 11.9 Å². The van der Waals surface area contributed by atoms with E-state index in [1.54, 1.807) is 0 Å². The molecule has 3 heteroatoms. The molecule has 3 nitrogen and oxygen atoms in total. The van der Waals surface area contributed by atoms with Gasteiger partial charge in [0.25, 0.3) is 0 Å². The molecule has 46 valence electrons. The smallest absolute Gasteiger partial charge is 0.0552 e. The summed E-state index contributed by atoms with van der Waals surface area (Å²) in [6.07, 6.45) is 0.364. The van der Waals surface area contributed by atoms with Crippen molar-refractivity contribution >= 4 is 5.97 Å². The summed E-state index contributed by atoms with van der Waals surface area (Å²) in [6.45, 7) is 0. The van der Waals surface area contributed by atoms with Crippen molar-refractivity contribution in [3.05, 3.63) is 0 Å². The Morgan fingerprint density at radius 2 is 2.12 bits per heavy atom. The van der Waals surface area contributed by atoms with Gasteiger partial charge in [-0.3, -0.25) is 0 Å². The Morgan fingerprint density at radius 1 is 1.62 bits per heavy atom. The molecule has 0 spiro atoms. The second-order valence-corrected chi connectivity index (χ2v) is 2.14. The quantitative estimate of drug-likeness (QED) is 0.452. The first kappa shape index (κ1) is 5.56. The number of aliphatic hydroxyl groups excluding tert-OH is 1. The monoisotopic (exact) mass is 115 g/mol. The lowest BCUT2D eigenvalue weighted by Gasteiger charge is -2.31. The minimum absolute atomic E-state index is 0.377. The van der Waals surface area contributed by atoms with Crippen LogP contribution in [0.5, 0.6) is 0 Å². The molecule has 0 atom stereocenters. The van der Waals surface area contributed by atoms with E-state index in [1.807, 2.05) is 0 Å². The van der Waals surface area contributed by atoms with E-state index >= 15 is 0 Å². The molecule has 0 aliphatic heterocycles. The number of hydrogen-bond acceptors (Lipinski definition) is 3. The van der Waals surface area contributed by atoms with Crippen LogP contribution in [0.4, 0.5) is 0 Å². The molecule has 1 aliphatic rings. The second kappa shape index (κ2) is 1.74. The summed E-state index contributed by atoms with van der Waals surface area (Å²) in [5, 5.41) is 18.5. The highest BCUT2D eigenvalue weighted by Gasteiger charge is 2.27. The average Bonchev–Trinajstić information content (AvgIpc) is 1.57. The van der Waals surface area contributed by atoms with Gasteiger partial charge in [-0.2, -0.15) is 0 Å². The molecule has 0 saturated heterocycles. The van der Waals surface area contributed by atoms with Crippen molar-refractivity contribution in [1.82, 2.24) is 0 Å². The van der Waals surface area contributed by atoms with E-state index in [0.717, 1.165) is 0 Å². The molecule has 1 saturated carbocycles. The minimum atomic E-state index is -1.03. The molecular weight excluding hydrogens is 108 g/mol. The number of carbonyl (C=O) groups excluding carboxylic acids is 1. The van der Waals surface area contributed by atoms with Crippen LogP contribution in [0.1, 0.15) is 12.8 Å². The topological polar surface area (TPSA) is 60.4 Å². The van der Waals surface area contributed by atoms with E-state index in [0.29, 0.717) is 12.8 Å². The number of carbonyl (C=O) groups is 1. The van der Waals surface area contributed by atoms with Gasteiger partial charge >= 0.3 is 0 Å². The molecule has 0 aromatic carbocycles. The summed E-state index contributed by atoms with van der Waals surface area (Å²) in [4.78, 5) is 9.90. The summed E-state index contributed by atoms with van der Waals surface area (Å²) in [7, 11) is 0. The number of aliphatic carboxylic acids is 1. The van der Waals surface area contributed by atoms with Crippen molar-refractivity contribution in [2.45, 2.75) is 18.9 Å². The van der Waals surface area contributed by atoms with Crippen molar-refractivity contribution < 1.29 is 15.0 Å². The molecular formula is C5H7O3-. The molecule has 1 rings (SSSR count). The van der Waals surface area contributed by atoms with Gasteiger partial charge in [0.05, 0.1) is 6.10 Å². The zero-order valence-corrected chi connectivity index (χ0v) is 4.33. The molecule has 1 fully saturated rings. The first-order valence-corrected chi connectivity index (χ1v) is 2.59. The Bertz CT molecular complexity index is 104. The second-order valence-electron chi connectivity index (χ2n) is 2.14. The molecule has 1 N–H and O–H groups in total. The van der Waals surface area contributed by atoms with E-state index in [9.17, 15) is 9.90 Å². The predicted molar refractivity (Wildman–Crippen MR) is 23.7 cm³/mol. The van der Waals surface area contributed by atoms with Crippen LogP contribution < -0.4 is 5.11 Å². The van der Waals surface area contributed by atoms with Crippen LogP contribution in [0.3, 0.4) is 0 Å². The third kappa shape index (κ3) is 0.816. The molecule has 0 radical (unpaired) electrons. The fourth-order valence-corrected chi connectivity index (χ4v) is 0.780. The fourth-order valence-electron chi connectivity index (χ4n) is 0.780. The molecule has 8 heavy (non-hydrogen) atoms. The number of carboxylic acid groups (broad SMARTS) is 1. The number of carboxylic acids is 1. The molecule has 0 aromatic heterocycles. The highest BCUT2D eigenvalue weighted by atomic mass is 16.4. The Labute approximate surface area is 46.9 Å². The van der Waals surface area contributed by atoms with E-state index in [4.69, 9.17) is 5.11 Å². The van der Waals surface area contributed by atoms with Gasteiger partial charge in [-0.1, -0.05) is 0 Å². The van der Waals surface area contributed by atoms with Crippen LogP contribution in [0.15, 0.2) is 0 Å². The van der Waals surface area contributed by atoms with Gasteiger partial charge in [0.2, 0.25) is 0 Å². The van der Waals surface area contributed by atoms with E-state index in [2.05, 4.69) is 0 Å². The highest BCUT2D eigenvalue weighted by molar-refractivity contribution is 5.68. The Morgan fingerprint density at radius 3 is 2.25 bits per heavy atom. The first-order valence-electron chi connectivity index (χ1n) is 2.59. The van der Waals surface area contributed by atoms with Gasteiger partial charge in [-0.25, -0.2) is 0 Å². The summed E-state index contributed by atoms with van der Waals surface area (Å²) in [5.74, 6) is -1.42. The highest BCUT2D eigenvalue weighted by Crippen LogP contribution is 2.25. The van der Waals surface area contributed by atoms with Crippen LogP contribution in [-0.4, -0.2) is 17.2 Å². The number of hydrogen-bond donors (Lipinski definition) is 1. The molecule has 0 heterocycles. The van der Waals surface area contributed by atoms with Crippen molar-refractivity contribution in [1.29, 1.82) is 0 Å². The summed E-state index contributed by atoms with van der Waals surface area (Å²) < 4.78 is 0. The van der Waals surface area contributed by atoms with Crippen LogP contribution in [0, 0.1) is 5.92 Å². The average molecular weight is 115 g/mol. The zero-order valence-electron chi connectivity index (χ0n) is 4.33. The SMILES string of the molecule is O=C([O-])C1CC(O)C1. The van der Waals surface area contributed by atoms with E-state index in [1.165, 1.54) is 0 Å². The molecule has 0 bridgehead atoms. The van der Waals surface area contributed by atoms with E-state index in [-0.39, 0.29) is 5.92 Å². The van der Waals surface area contributed by atoms with Crippen molar-refractivity contribution in [3.8, 4) is 0 Å². The lowest BCUT2D eigenvalue weighted by atomic mass is 9.83. The lowest BCUT2D eigenvalue weighted by molar-refractivity contribution is -0.316. The van der Waals surface area contributed by atoms with Gasteiger partial charge in [-0.15, -0.1) is 0 Å². The predicted octanol–water partition coefficient (Wildman–Crippen LogP) is -1.49. The molecule has 1 aliphatic carbocycles. The van der Waals surface area contributed by atoms with Crippen LogP contribution in [0.25, 0.3) is 0 Å². The largest absolute Gasteiger partial charge is 0.550 e. The normalized spacial score (nSPS) is 36.1. The van der Waals surface area contributed by atoms with Crippen molar-refractivity contribution in [2.75, 3.05) is 0 Å². The number of rotatable bonds is 1. The summed E-state index contributed by atoms with van der Waals surface area (Å²) in [5.41, 5.74) is 0. The third-order valence-corrected chi connectivity index (χ3v) is 1.45. The standard InChI is InChI=1S/C5H8O3/c6-4-1-3(2-4)5(7)8/h3-4,6H,1-2H2,(H,7,8)/p-1. The maximum atomic E-state index is 9.90. The minimum Gasteiger partial charge on any atom is -0.550 e. The molecule has 0 unspecified atom stereocenters. The lowest BCUT2D eigenvalue weighted by Crippen LogP contribution is -2.42. The Kier molecular flexibility index (Phi) is 1.21. The van der Waals surface area contributed by atoms with Crippen molar-refractivity contribution in [2.24, 2.45) is 5.92 Å². The van der Waals surface area contributed by atoms with Crippen LogP contribution >= 0.6 is 0 Å². The van der Waals surface area contributed by atoms with E-state index < -0.39 is 12.1 Å². The molecule has 0 aromatic rings. The Balaban J connectivity index is 2.25. The first-order chi connectivity index (χ1) is 3.70. The van der Waals surface area contributed by atoms with Crippen LogP contribution in [-0.2, 0) is 4.79 Å². The van der Waals surface area contributed by atoms with Gasteiger partial charge in [-0.05, 0) is 12.8 Å². The van der Waals surface area contributed by atoms with Crippen LogP contribution in [0.2, 0.25) is 0 Å². The number of aliphatic hydroxyl groups is 1. The Hall–Kier alpha value is -0.570. The van der Waals surface area contributed by atoms with Crippen molar-refractivity contribution in [3.63, 3.8) is 0 Å². The third-order valence-electron chi connectivity index (χ3n) is 1.45. The zero-order chi connectivity index (χ0) is 6.15.